The number of hydrogen-bond donors (Lipinski definition) is 1. The van der Waals surface area contributed by atoms with Gasteiger partial charge in [0.2, 0.25) is 0 Å². The van der Waals surface area contributed by atoms with Crippen LogP contribution in [0.2, 0.25) is 0 Å². The lowest BCUT2D eigenvalue weighted by atomic mass is 10.1. The smallest absolute Gasteiger partial charge is 0.386 e. The maximum absolute atomic E-state index is 12.2. The first-order chi connectivity index (χ1) is 10.2. The lowest BCUT2D eigenvalue weighted by Gasteiger charge is -2.04. The highest BCUT2D eigenvalue weighted by atomic mass is 16.4. The van der Waals surface area contributed by atoms with Gasteiger partial charge in [0.05, 0.1) is 5.56 Å². The molecule has 0 spiro atoms. The summed E-state index contributed by atoms with van der Waals surface area (Å²) in [5, 5.41) is 10.4. The largest absolute Gasteiger partial charge is 0.459 e. The van der Waals surface area contributed by atoms with Crippen molar-refractivity contribution in [1.29, 1.82) is 0 Å². The van der Waals surface area contributed by atoms with E-state index in [0.29, 0.717) is 11.5 Å². The zero-order valence-electron chi connectivity index (χ0n) is 11.5. The van der Waals surface area contributed by atoms with E-state index in [4.69, 9.17) is 4.42 Å². The predicted molar refractivity (Wildman–Crippen MR) is 78.7 cm³/mol. The van der Waals surface area contributed by atoms with Gasteiger partial charge in [-0.05, 0) is 17.7 Å². The van der Waals surface area contributed by atoms with Crippen LogP contribution < -0.4 is 10.2 Å². The van der Waals surface area contributed by atoms with E-state index in [1.54, 1.807) is 31.3 Å². The molecule has 1 N–H and O–H groups in total. The van der Waals surface area contributed by atoms with Crippen molar-refractivity contribution in [3.05, 3.63) is 71.1 Å². The summed E-state index contributed by atoms with van der Waals surface area (Å²) in [5.74, 6) is 0.203. The minimum absolute atomic E-state index is 0.115. The van der Waals surface area contributed by atoms with Gasteiger partial charge in [0.15, 0.2) is 5.56 Å². The molecule has 0 bridgehead atoms. The zero-order chi connectivity index (χ0) is 14.8. The molecule has 4 heteroatoms. The second-order valence-corrected chi connectivity index (χ2v) is 4.68. The average molecular weight is 280 g/mol. The average Bonchev–Trinajstić information content (AvgIpc) is 2.53. The van der Waals surface area contributed by atoms with Crippen LogP contribution in [0.3, 0.4) is 0 Å². The van der Waals surface area contributed by atoms with Gasteiger partial charge in [0, 0.05) is 0 Å². The molecule has 2 aromatic carbocycles. The van der Waals surface area contributed by atoms with Gasteiger partial charge in [-0.1, -0.05) is 48.5 Å². The van der Waals surface area contributed by atoms with E-state index in [1.165, 1.54) is 4.57 Å². The number of nitrogens with zero attached hydrogens (tertiary/aromatic N) is 1. The molecule has 3 rings (SSSR count). The van der Waals surface area contributed by atoms with Crippen molar-refractivity contribution < 1.29 is 14.1 Å². The molecule has 4 nitrogen and oxygen atoms in total. The van der Waals surface area contributed by atoms with Crippen molar-refractivity contribution in [3.63, 3.8) is 0 Å². The Morgan fingerprint density at radius 2 is 1.43 bits per heavy atom. The van der Waals surface area contributed by atoms with Crippen LogP contribution >= 0.6 is 0 Å². The van der Waals surface area contributed by atoms with Crippen LogP contribution in [0.15, 0.2) is 69.9 Å². The summed E-state index contributed by atoms with van der Waals surface area (Å²) >= 11 is 0. The first kappa shape index (κ1) is 13.1. The molecule has 0 aliphatic heterocycles. The molecule has 104 valence electrons. The van der Waals surface area contributed by atoms with Crippen LogP contribution in [-0.4, -0.2) is 5.11 Å². The Balaban J connectivity index is 2.25. The fraction of sp³-hybridized carbons (Fsp3) is 0.0588. The quantitative estimate of drug-likeness (QED) is 0.734. The lowest BCUT2D eigenvalue weighted by Crippen LogP contribution is -2.34. The van der Waals surface area contributed by atoms with Crippen LogP contribution in [0.1, 0.15) is 0 Å². The van der Waals surface area contributed by atoms with Crippen molar-refractivity contribution in [2.45, 2.75) is 0 Å². The van der Waals surface area contributed by atoms with Gasteiger partial charge in [-0.25, -0.2) is 4.79 Å². The highest BCUT2D eigenvalue weighted by Gasteiger charge is 2.26. The first-order valence-electron chi connectivity index (χ1n) is 6.55. The molecule has 0 saturated heterocycles. The van der Waals surface area contributed by atoms with E-state index in [-0.39, 0.29) is 11.4 Å². The Hall–Kier alpha value is -2.88. The topological polar surface area (TPSA) is 54.3 Å². The molecule has 0 aliphatic rings. The predicted octanol–water partition coefficient (Wildman–Crippen LogP) is 2.50. The second-order valence-electron chi connectivity index (χ2n) is 4.68. The van der Waals surface area contributed by atoms with Gasteiger partial charge >= 0.3 is 17.4 Å². The molecule has 0 saturated carbocycles. The SMILES string of the molecule is C[n+]1c(-c2ccccc2)oc(=O)c(-c2ccccc2)c1O. The van der Waals surface area contributed by atoms with E-state index < -0.39 is 5.63 Å². The molecular weight excluding hydrogens is 266 g/mol. The Morgan fingerprint density at radius 1 is 0.905 bits per heavy atom. The third-order valence-corrected chi connectivity index (χ3v) is 3.32. The summed E-state index contributed by atoms with van der Waals surface area (Å²) in [6.45, 7) is 0. The second kappa shape index (κ2) is 5.25. The van der Waals surface area contributed by atoms with Crippen LogP contribution in [0.25, 0.3) is 22.6 Å². The first-order valence-corrected chi connectivity index (χ1v) is 6.55. The molecule has 1 heterocycles. The highest BCUT2D eigenvalue weighted by Crippen LogP contribution is 2.24. The number of aromatic nitrogens is 1. The molecule has 0 radical (unpaired) electrons. The fourth-order valence-electron chi connectivity index (χ4n) is 2.25. The Labute approximate surface area is 121 Å². The normalized spacial score (nSPS) is 10.5. The van der Waals surface area contributed by atoms with E-state index in [9.17, 15) is 9.90 Å². The highest BCUT2D eigenvalue weighted by molar-refractivity contribution is 5.66. The van der Waals surface area contributed by atoms with Gasteiger partial charge in [-0.15, -0.1) is 4.57 Å². The minimum atomic E-state index is -0.560. The molecule has 0 atom stereocenters. The minimum Gasteiger partial charge on any atom is -0.459 e. The van der Waals surface area contributed by atoms with Crippen molar-refractivity contribution in [2.24, 2.45) is 7.05 Å². The lowest BCUT2D eigenvalue weighted by molar-refractivity contribution is -0.675. The van der Waals surface area contributed by atoms with Gasteiger partial charge < -0.3 is 9.52 Å². The molecule has 3 aromatic rings. The standard InChI is InChI=1S/C17H13NO3/c1-18-15(19)14(12-8-4-2-5-9-12)17(20)21-16(18)13-10-6-3-7-11-13/h2-11H,1H3/p+1. The Kier molecular flexibility index (Phi) is 3.28. The van der Waals surface area contributed by atoms with E-state index in [0.717, 1.165) is 5.56 Å². The summed E-state index contributed by atoms with van der Waals surface area (Å²) in [7, 11) is 1.66. The summed E-state index contributed by atoms with van der Waals surface area (Å²) in [4.78, 5) is 12.2. The number of hydrogen-bond acceptors (Lipinski definition) is 3. The third-order valence-electron chi connectivity index (χ3n) is 3.32. The molecule has 0 fully saturated rings. The van der Waals surface area contributed by atoms with Gasteiger partial charge in [-0.2, -0.15) is 0 Å². The van der Waals surface area contributed by atoms with Gasteiger partial charge in [0.25, 0.3) is 0 Å². The zero-order valence-corrected chi connectivity index (χ0v) is 11.5. The van der Waals surface area contributed by atoms with E-state index in [1.807, 2.05) is 36.4 Å². The molecule has 0 amide bonds. The fourth-order valence-corrected chi connectivity index (χ4v) is 2.25. The Bertz CT molecular complexity index is 824. The summed E-state index contributed by atoms with van der Waals surface area (Å²) in [5.41, 5.74) is 0.958. The third kappa shape index (κ3) is 2.31. The van der Waals surface area contributed by atoms with Crippen LogP contribution in [0.5, 0.6) is 5.88 Å². The Morgan fingerprint density at radius 3 is 2.00 bits per heavy atom. The van der Waals surface area contributed by atoms with Crippen LogP contribution in [0, 0.1) is 0 Å². The van der Waals surface area contributed by atoms with Crippen molar-refractivity contribution in [3.8, 4) is 28.5 Å². The summed E-state index contributed by atoms with van der Waals surface area (Å²) < 4.78 is 6.88. The molecule has 0 aliphatic carbocycles. The van der Waals surface area contributed by atoms with E-state index >= 15 is 0 Å². The number of benzene rings is 2. The monoisotopic (exact) mass is 280 g/mol. The van der Waals surface area contributed by atoms with Crippen molar-refractivity contribution in [2.75, 3.05) is 0 Å². The van der Waals surface area contributed by atoms with E-state index in [2.05, 4.69) is 0 Å². The molecular formula is C17H14NO3+. The van der Waals surface area contributed by atoms with Crippen LogP contribution in [0.4, 0.5) is 0 Å². The molecule has 21 heavy (non-hydrogen) atoms. The van der Waals surface area contributed by atoms with Gasteiger partial charge in [-0.3, -0.25) is 0 Å². The van der Waals surface area contributed by atoms with Gasteiger partial charge in [0.1, 0.15) is 7.05 Å². The van der Waals surface area contributed by atoms with Crippen molar-refractivity contribution in [1.82, 2.24) is 0 Å². The maximum atomic E-state index is 12.2. The number of rotatable bonds is 2. The molecule has 0 unspecified atom stereocenters. The number of aromatic hydroxyl groups is 1. The molecule has 1 aromatic heterocycles. The summed E-state index contributed by atoms with van der Waals surface area (Å²) in [6, 6.07) is 18.2. The maximum Gasteiger partial charge on any atom is 0.386 e. The van der Waals surface area contributed by atoms with Crippen molar-refractivity contribution >= 4 is 0 Å². The van der Waals surface area contributed by atoms with Crippen LogP contribution in [-0.2, 0) is 7.05 Å². The summed E-state index contributed by atoms with van der Waals surface area (Å²) in [6.07, 6.45) is 0.